The number of nitrogens with zero attached hydrogens (tertiary/aromatic N) is 3. The van der Waals surface area contributed by atoms with Gasteiger partial charge in [-0.25, -0.2) is 0 Å². The molecule has 0 saturated heterocycles. The number of ketones is 1. The van der Waals surface area contributed by atoms with Crippen LogP contribution in [-0.4, -0.2) is 38.9 Å². The highest BCUT2D eigenvalue weighted by molar-refractivity contribution is 7.99. The van der Waals surface area contributed by atoms with Gasteiger partial charge in [0.2, 0.25) is 0 Å². The molecule has 1 aromatic heterocycles. The van der Waals surface area contributed by atoms with E-state index in [1.807, 2.05) is 60.0 Å². The van der Waals surface area contributed by atoms with Gasteiger partial charge in [-0.1, -0.05) is 54.2 Å². The first-order valence-electron chi connectivity index (χ1n) is 10.1. The number of ether oxygens (including phenoxy) is 1. The summed E-state index contributed by atoms with van der Waals surface area (Å²) in [4.78, 5) is 24.5. The maximum absolute atomic E-state index is 12.4. The monoisotopic (exact) mass is 421 g/mol. The second kappa shape index (κ2) is 9.26. The fraction of sp³-hybridized carbons (Fsp3) is 0.304. The first kappa shape index (κ1) is 20.3. The van der Waals surface area contributed by atoms with Crippen LogP contribution in [0.15, 0.2) is 53.7 Å². The van der Waals surface area contributed by atoms with Crippen molar-refractivity contribution in [2.24, 2.45) is 0 Å². The SMILES string of the molecule is CCn1c(SCC(=O)OCC(=O)c2ccc3c(c2)CCC3)nnc1-c1ccccc1. The van der Waals surface area contributed by atoms with Gasteiger partial charge in [-0.3, -0.25) is 9.59 Å². The van der Waals surface area contributed by atoms with Crippen LogP contribution in [-0.2, 0) is 28.9 Å². The summed E-state index contributed by atoms with van der Waals surface area (Å²) < 4.78 is 7.16. The van der Waals surface area contributed by atoms with Gasteiger partial charge in [0, 0.05) is 17.7 Å². The molecule has 3 aromatic rings. The summed E-state index contributed by atoms with van der Waals surface area (Å²) in [5, 5.41) is 9.13. The van der Waals surface area contributed by atoms with Gasteiger partial charge in [0.05, 0.1) is 5.75 Å². The van der Waals surface area contributed by atoms with Gasteiger partial charge in [0.25, 0.3) is 0 Å². The van der Waals surface area contributed by atoms with Crippen LogP contribution in [0.3, 0.4) is 0 Å². The van der Waals surface area contributed by atoms with Gasteiger partial charge in [-0.05, 0) is 43.4 Å². The van der Waals surface area contributed by atoms with E-state index in [1.54, 1.807) is 0 Å². The van der Waals surface area contributed by atoms with E-state index in [4.69, 9.17) is 4.74 Å². The lowest BCUT2D eigenvalue weighted by Crippen LogP contribution is -2.16. The Kier molecular flexibility index (Phi) is 6.28. The summed E-state index contributed by atoms with van der Waals surface area (Å²) >= 11 is 1.26. The number of esters is 1. The first-order valence-corrected chi connectivity index (χ1v) is 11.1. The number of carbonyl (C=O) groups excluding carboxylic acids is 2. The third kappa shape index (κ3) is 4.46. The number of hydrogen-bond donors (Lipinski definition) is 0. The Labute approximate surface area is 179 Å². The number of fused-ring (bicyclic) bond motifs is 1. The van der Waals surface area contributed by atoms with Crippen LogP contribution in [0, 0.1) is 0 Å². The number of aryl methyl sites for hydroxylation is 2. The van der Waals surface area contributed by atoms with Crippen molar-refractivity contribution >= 4 is 23.5 Å². The third-order valence-corrected chi connectivity index (χ3v) is 6.11. The third-order valence-electron chi connectivity index (χ3n) is 5.17. The number of thioether (sulfide) groups is 1. The van der Waals surface area contributed by atoms with E-state index in [1.165, 1.54) is 22.9 Å². The molecule has 0 radical (unpaired) electrons. The van der Waals surface area contributed by atoms with Gasteiger partial charge < -0.3 is 9.30 Å². The first-order chi connectivity index (χ1) is 14.7. The van der Waals surface area contributed by atoms with Crippen LogP contribution in [0.4, 0.5) is 0 Å². The molecule has 4 rings (SSSR count). The molecule has 0 aliphatic heterocycles. The fourth-order valence-corrected chi connectivity index (χ4v) is 4.42. The van der Waals surface area contributed by atoms with Gasteiger partial charge in [-0.15, -0.1) is 10.2 Å². The molecule has 154 valence electrons. The summed E-state index contributed by atoms with van der Waals surface area (Å²) in [7, 11) is 0. The van der Waals surface area contributed by atoms with Crippen molar-refractivity contribution < 1.29 is 14.3 Å². The number of carbonyl (C=O) groups is 2. The van der Waals surface area contributed by atoms with E-state index in [2.05, 4.69) is 10.2 Å². The molecule has 1 heterocycles. The minimum atomic E-state index is -0.443. The van der Waals surface area contributed by atoms with Gasteiger partial charge >= 0.3 is 5.97 Å². The zero-order chi connectivity index (χ0) is 20.9. The second-order valence-corrected chi connectivity index (χ2v) is 8.07. The molecule has 2 aromatic carbocycles. The van der Waals surface area contributed by atoms with E-state index in [0.717, 1.165) is 30.7 Å². The highest BCUT2D eigenvalue weighted by atomic mass is 32.2. The normalized spacial score (nSPS) is 12.6. The maximum atomic E-state index is 12.4. The lowest BCUT2D eigenvalue weighted by molar-refractivity contribution is -0.139. The molecule has 0 bridgehead atoms. The molecule has 0 saturated carbocycles. The molecule has 1 aliphatic carbocycles. The summed E-state index contributed by atoms with van der Waals surface area (Å²) in [5.41, 5.74) is 4.13. The van der Waals surface area contributed by atoms with Gasteiger partial charge in [0.1, 0.15) is 0 Å². The lowest BCUT2D eigenvalue weighted by Gasteiger charge is -2.08. The van der Waals surface area contributed by atoms with E-state index < -0.39 is 5.97 Å². The van der Waals surface area contributed by atoms with Crippen LogP contribution in [0.1, 0.15) is 34.8 Å². The molecule has 7 heteroatoms. The van der Waals surface area contributed by atoms with Crippen LogP contribution < -0.4 is 0 Å². The molecule has 6 nitrogen and oxygen atoms in total. The van der Waals surface area contributed by atoms with E-state index in [9.17, 15) is 9.59 Å². The molecule has 0 fully saturated rings. The number of rotatable bonds is 8. The Hall–Kier alpha value is -2.93. The summed E-state index contributed by atoms with van der Waals surface area (Å²) in [6.45, 7) is 2.45. The van der Waals surface area contributed by atoms with Crippen molar-refractivity contribution in [3.8, 4) is 11.4 Å². The molecule has 0 amide bonds. The second-order valence-electron chi connectivity index (χ2n) is 7.13. The largest absolute Gasteiger partial charge is 0.457 e. The zero-order valence-corrected chi connectivity index (χ0v) is 17.7. The van der Waals surface area contributed by atoms with Crippen LogP contribution >= 0.6 is 11.8 Å². The smallest absolute Gasteiger partial charge is 0.316 e. The molecule has 0 unspecified atom stereocenters. The van der Waals surface area contributed by atoms with Crippen molar-refractivity contribution in [3.63, 3.8) is 0 Å². The zero-order valence-electron chi connectivity index (χ0n) is 16.8. The number of aromatic nitrogens is 3. The minimum absolute atomic E-state index is 0.0738. The van der Waals surface area contributed by atoms with Crippen molar-refractivity contribution in [2.45, 2.75) is 37.9 Å². The number of benzene rings is 2. The van der Waals surface area contributed by atoms with Crippen molar-refractivity contribution in [1.82, 2.24) is 14.8 Å². The van der Waals surface area contributed by atoms with Crippen molar-refractivity contribution in [3.05, 3.63) is 65.2 Å². The van der Waals surface area contributed by atoms with Crippen molar-refractivity contribution in [2.75, 3.05) is 12.4 Å². The van der Waals surface area contributed by atoms with Gasteiger partial charge in [0.15, 0.2) is 23.4 Å². The minimum Gasteiger partial charge on any atom is -0.457 e. The Balaban J connectivity index is 1.32. The Morgan fingerprint density at radius 1 is 1.07 bits per heavy atom. The molecule has 0 spiro atoms. The lowest BCUT2D eigenvalue weighted by atomic mass is 10.0. The maximum Gasteiger partial charge on any atom is 0.316 e. The van der Waals surface area contributed by atoms with Crippen LogP contribution in [0.5, 0.6) is 0 Å². The topological polar surface area (TPSA) is 74.1 Å². The highest BCUT2D eigenvalue weighted by Crippen LogP contribution is 2.24. The summed E-state index contributed by atoms with van der Waals surface area (Å²) in [6, 6.07) is 15.6. The molecule has 0 atom stereocenters. The van der Waals surface area contributed by atoms with Crippen molar-refractivity contribution in [1.29, 1.82) is 0 Å². The number of hydrogen-bond acceptors (Lipinski definition) is 6. The predicted octanol–water partition coefficient (Wildman–Crippen LogP) is 3.97. The van der Waals surface area contributed by atoms with E-state index in [0.29, 0.717) is 17.3 Å². The number of Topliss-reactive ketones (excluding diaryl/α,β-unsaturated/α-hetero) is 1. The van der Waals surface area contributed by atoms with E-state index in [-0.39, 0.29) is 18.1 Å². The fourth-order valence-electron chi connectivity index (χ4n) is 3.62. The van der Waals surface area contributed by atoms with Crippen LogP contribution in [0.25, 0.3) is 11.4 Å². The summed E-state index contributed by atoms with van der Waals surface area (Å²) in [5.74, 6) is 0.220. The standard InChI is InChI=1S/C23H23N3O3S/c1-2-26-22(17-7-4-3-5-8-17)24-25-23(26)30-15-21(28)29-14-20(27)19-12-11-16-9-6-10-18(16)13-19/h3-5,7-8,11-13H,2,6,9-10,14-15H2,1H3. The Morgan fingerprint density at radius 3 is 2.67 bits per heavy atom. The molecule has 1 aliphatic rings. The molecule has 30 heavy (non-hydrogen) atoms. The quantitative estimate of drug-likeness (QED) is 0.311. The summed E-state index contributed by atoms with van der Waals surface area (Å²) in [6.07, 6.45) is 3.22. The predicted molar refractivity (Wildman–Crippen MR) is 116 cm³/mol. The average Bonchev–Trinajstić information content (AvgIpc) is 3.42. The molecular formula is C23H23N3O3S. The average molecular weight is 422 g/mol. The van der Waals surface area contributed by atoms with E-state index >= 15 is 0 Å². The molecular weight excluding hydrogens is 398 g/mol. The highest BCUT2D eigenvalue weighted by Gasteiger charge is 2.17. The Morgan fingerprint density at radius 2 is 1.87 bits per heavy atom. The molecule has 0 N–H and O–H groups in total. The van der Waals surface area contributed by atoms with Crippen LogP contribution in [0.2, 0.25) is 0 Å². The van der Waals surface area contributed by atoms with Gasteiger partial charge in [-0.2, -0.15) is 0 Å². The Bertz CT molecular complexity index is 1060.